The highest BCUT2D eigenvalue weighted by Crippen LogP contribution is 2.52. The van der Waals surface area contributed by atoms with Gasteiger partial charge in [0.2, 0.25) is 11.8 Å². The van der Waals surface area contributed by atoms with E-state index in [1.54, 1.807) is 10.9 Å². The topological polar surface area (TPSA) is 67.2 Å². The first-order chi connectivity index (χ1) is 14.9. The second kappa shape index (κ2) is 7.24. The summed E-state index contributed by atoms with van der Waals surface area (Å²) in [7, 11) is 0. The number of carbonyl (C=O) groups is 2. The molecule has 7 heteroatoms. The number of para-hydroxylation sites is 1. The first-order valence-electron chi connectivity index (χ1n) is 10.4. The molecule has 0 radical (unpaired) electrons. The number of nitrogens with one attached hydrogen (secondary N) is 1. The summed E-state index contributed by atoms with van der Waals surface area (Å²) < 4.78 is 1.75. The number of hydrogen-bond donors (Lipinski definition) is 1. The molecule has 3 aromatic rings. The molecule has 3 heterocycles. The Morgan fingerprint density at radius 2 is 1.84 bits per heavy atom. The maximum atomic E-state index is 13.9. The smallest absolute Gasteiger partial charge is 0.242 e. The summed E-state index contributed by atoms with van der Waals surface area (Å²) in [5.74, 6) is 0.655. The quantitative estimate of drug-likeness (QED) is 0.668. The van der Waals surface area contributed by atoms with Crippen LogP contribution >= 0.6 is 11.6 Å². The molecule has 158 valence electrons. The SMILES string of the molecule is CC(C)CN1C(=O)[C@]2(CC(=O)Nc3c2cnn3Cc2ccc(Cl)cc2)c2ccccc21. The highest BCUT2D eigenvalue weighted by molar-refractivity contribution is 6.30. The average molecular weight is 435 g/mol. The Balaban J connectivity index is 1.64. The molecule has 0 saturated carbocycles. The number of benzene rings is 2. The van der Waals surface area contributed by atoms with E-state index in [2.05, 4.69) is 24.3 Å². The van der Waals surface area contributed by atoms with E-state index in [1.807, 2.05) is 53.4 Å². The van der Waals surface area contributed by atoms with Crippen molar-refractivity contribution in [1.82, 2.24) is 9.78 Å². The summed E-state index contributed by atoms with van der Waals surface area (Å²) in [5, 5.41) is 8.19. The Bertz CT molecular complexity index is 1180. The standard InChI is InChI=1S/C24H23ClN4O2/c1-15(2)13-28-20-6-4-3-5-18(20)24(23(28)31)11-21(30)27-22-19(24)12-26-29(22)14-16-7-9-17(25)10-8-16/h3-10,12,15H,11,13-14H2,1-2H3,(H,27,30)/t24-/m1/s1. The molecule has 31 heavy (non-hydrogen) atoms. The number of nitrogens with zero attached hydrogens (tertiary/aromatic N) is 3. The van der Waals surface area contributed by atoms with Crippen LogP contribution in [0.3, 0.4) is 0 Å². The lowest BCUT2D eigenvalue weighted by Crippen LogP contribution is -2.47. The largest absolute Gasteiger partial charge is 0.311 e. The van der Waals surface area contributed by atoms with Gasteiger partial charge in [0.1, 0.15) is 11.2 Å². The molecule has 2 amide bonds. The van der Waals surface area contributed by atoms with Crippen molar-refractivity contribution in [2.24, 2.45) is 5.92 Å². The van der Waals surface area contributed by atoms with Crippen LogP contribution in [0.2, 0.25) is 5.02 Å². The monoisotopic (exact) mass is 434 g/mol. The number of amides is 2. The molecule has 2 aliphatic rings. The van der Waals surface area contributed by atoms with E-state index >= 15 is 0 Å². The van der Waals surface area contributed by atoms with Crippen LogP contribution in [0.1, 0.15) is 37.0 Å². The molecule has 2 aliphatic heterocycles. The highest BCUT2D eigenvalue weighted by Gasteiger charge is 2.56. The van der Waals surface area contributed by atoms with Crippen molar-refractivity contribution in [3.63, 3.8) is 0 Å². The Labute approximate surface area is 185 Å². The van der Waals surface area contributed by atoms with Gasteiger partial charge in [-0.25, -0.2) is 4.68 Å². The zero-order valence-corrected chi connectivity index (χ0v) is 18.2. The fraction of sp³-hybridized carbons (Fsp3) is 0.292. The fourth-order valence-corrected chi connectivity index (χ4v) is 4.85. The van der Waals surface area contributed by atoms with Crippen LogP contribution in [0, 0.1) is 5.92 Å². The third kappa shape index (κ3) is 3.05. The minimum absolute atomic E-state index is 0.0513. The fourth-order valence-electron chi connectivity index (χ4n) is 4.73. The Hall–Kier alpha value is -3.12. The van der Waals surface area contributed by atoms with Crippen LogP contribution in [-0.4, -0.2) is 28.1 Å². The van der Waals surface area contributed by atoms with Crippen molar-refractivity contribution < 1.29 is 9.59 Å². The van der Waals surface area contributed by atoms with E-state index in [1.165, 1.54) is 0 Å². The molecule has 1 N–H and O–H groups in total. The molecule has 0 aliphatic carbocycles. The number of anilines is 2. The molecule has 1 spiro atoms. The molecule has 2 aromatic carbocycles. The second-order valence-corrected chi connectivity index (χ2v) is 9.08. The second-order valence-electron chi connectivity index (χ2n) is 8.65. The van der Waals surface area contributed by atoms with Crippen molar-refractivity contribution in [3.05, 3.63) is 76.4 Å². The van der Waals surface area contributed by atoms with Gasteiger partial charge in [-0.2, -0.15) is 5.10 Å². The molecule has 0 saturated heterocycles. The van der Waals surface area contributed by atoms with E-state index in [0.717, 1.165) is 22.4 Å². The zero-order valence-electron chi connectivity index (χ0n) is 17.4. The zero-order chi connectivity index (χ0) is 21.8. The van der Waals surface area contributed by atoms with Gasteiger partial charge in [-0.15, -0.1) is 0 Å². The maximum Gasteiger partial charge on any atom is 0.242 e. The molecule has 0 unspecified atom stereocenters. The summed E-state index contributed by atoms with van der Waals surface area (Å²) in [4.78, 5) is 28.6. The number of rotatable bonds is 4. The molecule has 5 rings (SSSR count). The van der Waals surface area contributed by atoms with Crippen molar-refractivity contribution in [2.45, 2.75) is 32.2 Å². The minimum Gasteiger partial charge on any atom is -0.311 e. The first-order valence-corrected chi connectivity index (χ1v) is 10.8. The van der Waals surface area contributed by atoms with Gasteiger partial charge in [-0.1, -0.05) is 55.8 Å². The van der Waals surface area contributed by atoms with Crippen molar-refractivity contribution >= 4 is 34.9 Å². The van der Waals surface area contributed by atoms with Gasteiger partial charge in [0.15, 0.2) is 0 Å². The molecular weight excluding hydrogens is 412 g/mol. The highest BCUT2D eigenvalue weighted by atomic mass is 35.5. The van der Waals surface area contributed by atoms with Gasteiger partial charge in [-0.05, 0) is 35.2 Å². The van der Waals surface area contributed by atoms with E-state index in [-0.39, 0.29) is 18.2 Å². The third-order valence-electron chi connectivity index (χ3n) is 6.04. The predicted octanol–water partition coefficient (Wildman–Crippen LogP) is 4.22. The van der Waals surface area contributed by atoms with Crippen LogP contribution in [0.4, 0.5) is 11.5 Å². The van der Waals surface area contributed by atoms with E-state index in [9.17, 15) is 9.59 Å². The summed E-state index contributed by atoms with van der Waals surface area (Å²) >= 11 is 6.00. The first kappa shape index (κ1) is 19.8. The van der Waals surface area contributed by atoms with Gasteiger partial charge >= 0.3 is 0 Å². The third-order valence-corrected chi connectivity index (χ3v) is 6.29. The lowest BCUT2D eigenvalue weighted by atomic mass is 9.72. The van der Waals surface area contributed by atoms with Crippen molar-refractivity contribution in [3.8, 4) is 0 Å². The van der Waals surface area contributed by atoms with Crippen LogP contribution in [-0.2, 0) is 21.5 Å². The number of aromatic nitrogens is 2. The van der Waals surface area contributed by atoms with E-state index < -0.39 is 5.41 Å². The average Bonchev–Trinajstić information content (AvgIpc) is 3.23. The Morgan fingerprint density at radius 1 is 1.10 bits per heavy atom. The maximum absolute atomic E-state index is 13.9. The molecule has 1 atom stereocenters. The number of halogens is 1. The predicted molar refractivity (Wildman–Crippen MR) is 120 cm³/mol. The van der Waals surface area contributed by atoms with Gasteiger partial charge in [0.05, 0.1) is 12.7 Å². The number of carbonyl (C=O) groups excluding carboxylic acids is 2. The summed E-state index contributed by atoms with van der Waals surface area (Å²) in [6.45, 7) is 5.25. The van der Waals surface area contributed by atoms with E-state index in [4.69, 9.17) is 11.6 Å². The molecular formula is C24H23ClN4O2. The lowest BCUT2D eigenvalue weighted by molar-refractivity contribution is -0.126. The molecule has 0 bridgehead atoms. The van der Waals surface area contributed by atoms with Crippen LogP contribution in [0.25, 0.3) is 0 Å². The van der Waals surface area contributed by atoms with Gasteiger partial charge in [0.25, 0.3) is 0 Å². The van der Waals surface area contributed by atoms with Crippen LogP contribution in [0.15, 0.2) is 54.7 Å². The van der Waals surface area contributed by atoms with Gasteiger partial charge in [0, 0.05) is 29.2 Å². The van der Waals surface area contributed by atoms with E-state index in [0.29, 0.717) is 29.8 Å². The lowest BCUT2D eigenvalue weighted by Gasteiger charge is -2.32. The molecule has 6 nitrogen and oxygen atoms in total. The normalized spacial score (nSPS) is 19.7. The van der Waals surface area contributed by atoms with Gasteiger partial charge < -0.3 is 10.2 Å². The van der Waals surface area contributed by atoms with Crippen molar-refractivity contribution in [2.75, 3.05) is 16.8 Å². The Kier molecular flexibility index (Phi) is 4.63. The molecule has 0 fully saturated rings. The number of fused-ring (bicyclic) bond motifs is 4. The number of hydrogen-bond acceptors (Lipinski definition) is 3. The minimum atomic E-state index is -1.04. The van der Waals surface area contributed by atoms with Crippen LogP contribution in [0.5, 0.6) is 0 Å². The van der Waals surface area contributed by atoms with Crippen LogP contribution < -0.4 is 10.2 Å². The molecule has 1 aromatic heterocycles. The van der Waals surface area contributed by atoms with Crippen molar-refractivity contribution in [1.29, 1.82) is 0 Å². The Morgan fingerprint density at radius 3 is 2.58 bits per heavy atom. The summed E-state index contributed by atoms with van der Waals surface area (Å²) in [6.07, 6.45) is 1.81. The summed E-state index contributed by atoms with van der Waals surface area (Å²) in [5.41, 5.74) is 2.48. The van der Waals surface area contributed by atoms with Gasteiger partial charge in [-0.3, -0.25) is 9.59 Å². The summed E-state index contributed by atoms with van der Waals surface area (Å²) in [6, 6.07) is 15.3.